The first-order chi connectivity index (χ1) is 17.5. The molecule has 0 fully saturated rings. The van der Waals surface area contributed by atoms with Gasteiger partial charge in [-0.2, -0.15) is 5.26 Å². The summed E-state index contributed by atoms with van der Waals surface area (Å²) in [5, 5.41) is 10.6. The van der Waals surface area contributed by atoms with Crippen molar-refractivity contribution in [2.45, 2.75) is 73.3 Å². The number of anilines is 1. The minimum Gasteiger partial charge on any atom is -0.332 e. The summed E-state index contributed by atoms with van der Waals surface area (Å²) in [6.45, 7) is 13.9. The van der Waals surface area contributed by atoms with Gasteiger partial charge in [0.2, 0.25) is 0 Å². The molecule has 2 aromatic carbocycles. The van der Waals surface area contributed by atoms with E-state index < -0.39 is 0 Å². The molecule has 1 aromatic heterocycles. The van der Waals surface area contributed by atoms with Crippen molar-refractivity contribution >= 4 is 22.0 Å². The van der Waals surface area contributed by atoms with Crippen LogP contribution < -0.4 is 4.90 Å². The van der Waals surface area contributed by atoms with Crippen LogP contribution in [0.4, 0.5) is 5.00 Å². The largest absolute Gasteiger partial charge is 0.332 e. The van der Waals surface area contributed by atoms with E-state index in [1.54, 1.807) is 4.88 Å². The third-order valence-electron chi connectivity index (χ3n) is 7.31. The maximum absolute atomic E-state index is 9.26. The van der Waals surface area contributed by atoms with Crippen LogP contribution in [-0.4, -0.2) is 18.3 Å². The van der Waals surface area contributed by atoms with Crippen LogP contribution in [-0.2, 0) is 12.8 Å². The first-order valence-corrected chi connectivity index (χ1v) is 14.1. The molecule has 2 heterocycles. The van der Waals surface area contributed by atoms with Gasteiger partial charge in [0.25, 0.3) is 0 Å². The predicted molar refractivity (Wildman–Crippen MR) is 155 cm³/mol. The fourth-order valence-electron chi connectivity index (χ4n) is 5.16. The van der Waals surface area contributed by atoms with Gasteiger partial charge in [-0.05, 0) is 75.3 Å². The lowest BCUT2D eigenvalue weighted by Crippen LogP contribution is -2.33. The van der Waals surface area contributed by atoms with Crippen molar-refractivity contribution in [3.63, 3.8) is 0 Å². The van der Waals surface area contributed by atoms with Gasteiger partial charge in [0.1, 0.15) is 5.00 Å². The molecule has 0 bridgehead atoms. The lowest BCUT2D eigenvalue weighted by Gasteiger charge is -2.31. The van der Waals surface area contributed by atoms with E-state index in [-0.39, 0.29) is 0 Å². The van der Waals surface area contributed by atoms with Crippen LogP contribution in [0.1, 0.15) is 81.5 Å². The Morgan fingerprint density at radius 3 is 2.47 bits per heavy atom. The van der Waals surface area contributed by atoms with Crippen LogP contribution in [0.3, 0.4) is 0 Å². The minimum atomic E-state index is 0.324. The highest BCUT2D eigenvalue weighted by Gasteiger charge is 2.33. The fraction of sp³-hybridized carbons (Fsp3) is 0.375. The average molecular weight is 496 g/mol. The molecule has 0 amide bonds. The third-order valence-corrected chi connectivity index (χ3v) is 8.60. The van der Waals surface area contributed by atoms with E-state index in [0.717, 1.165) is 36.2 Å². The first-order valence-electron chi connectivity index (χ1n) is 13.3. The molecule has 3 nitrogen and oxygen atoms in total. The molecule has 1 atom stereocenters. The molecular weight excluding hydrogens is 458 g/mol. The maximum Gasteiger partial charge on any atom is 0.105 e. The number of nitrogens with zero attached hydrogens (tertiary/aromatic N) is 3. The number of benzene rings is 2. The molecule has 4 heteroatoms. The Kier molecular flexibility index (Phi) is 8.11. The summed E-state index contributed by atoms with van der Waals surface area (Å²) in [4.78, 5) is 9.34. The number of fused-ring (bicyclic) bond motifs is 3. The Hall–Kier alpha value is -3.16. The van der Waals surface area contributed by atoms with Gasteiger partial charge in [0, 0.05) is 21.7 Å². The Balaban J connectivity index is 0.00000148. The maximum atomic E-state index is 9.26. The lowest BCUT2D eigenvalue weighted by molar-refractivity contribution is 0.699. The van der Waals surface area contributed by atoms with Crippen molar-refractivity contribution < 1.29 is 0 Å². The summed E-state index contributed by atoms with van der Waals surface area (Å²) in [5.41, 5.74) is 10.9. The summed E-state index contributed by atoms with van der Waals surface area (Å²) in [6.07, 6.45) is 4.65. The number of allylic oxidation sites excluding steroid dienone is 2. The molecule has 186 valence electrons. The van der Waals surface area contributed by atoms with Crippen molar-refractivity contribution in [1.82, 2.24) is 0 Å². The second-order valence-electron chi connectivity index (χ2n) is 9.44. The topological polar surface area (TPSA) is 39.4 Å². The van der Waals surface area contributed by atoms with Crippen molar-refractivity contribution in [2.75, 3.05) is 11.4 Å². The van der Waals surface area contributed by atoms with Gasteiger partial charge in [-0.25, -0.2) is 0 Å². The number of aryl methyl sites for hydroxylation is 1. The number of rotatable bonds is 4. The van der Waals surface area contributed by atoms with E-state index in [1.807, 2.05) is 43.4 Å². The van der Waals surface area contributed by atoms with Crippen molar-refractivity contribution in [3.05, 3.63) is 86.9 Å². The molecule has 0 N–H and O–H groups in total. The second-order valence-corrected chi connectivity index (χ2v) is 10.5. The van der Waals surface area contributed by atoms with E-state index in [1.165, 1.54) is 45.8 Å². The lowest BCUT2D eigenvalue weighted by atomic mass is 9.96. The molecule has 0 spiro atoms. The molecule has 36 heavy (non-hydrogen) atoms. The van der Waals surface area contributed by atoms with Gasteiger partial charge in [-0.15, -0.1) is 11.3 Å². The summed E-state index contributed by atoms with van der Waals surface area (Å²) in [5.74, 6) is 0. The monoisotopic (exact) mass is 495 g/mol. The highest BCUT2D eigenvalue weighted by molar-refractivity contribution is 7.17. The van der Waals surface area contributed by atoms with Crippen LogP contribution >= 0.6 is 11.3 Å². The molecule has 1 aliphatic heterocycles. The standard InChI is InChI=1S/C30H31N3S.C2H6/c1-5-19(2)21(4)33-20(3)18-32-29(28-26-10-7-11-27(26)34-30(28)33)24-14-12-23(13-15-24)25-9-6-8-22(16-25)17-31;1-2/h6,8-9,12-16,20H,5,7,10-11,18H2,1-4H3;1-2H3/b21-19+;. The van der Waals surface area contributed by atoms with Crippen LogP contribution in [0.15, 0.2) is 64.8 Å². The smallest absolute Gasteiger partial charge is 0.105 e. The Morgan fingerprint density at radius 2 is 1.78 bits per heavy atom. The van der Waals surface area contributed by atoms with Gasteiger partial charge in [0.15, 0.2) is 0 Å². The Bertz CT molecular complexity index is 1330. The zero-order valence-electron chi connectivity index (χ0n) is 22.5. The van der Waals surface area contributed by atoms with Gasteiger partial charge in [-0.1, -0.05) is 62.7 Å². The highest BCUT2D eigenvalue weighted by atomic mass is 32.1. The average Bonchev–Trinajstić information content (AvgIpc) is 3.48. The number of thiophene rings is 1. The second kappa shape index (κ2) is 11.3. The zero-order chi connectivity index (χ0) is 25.8. The molecule has 0 radical (unpaired) electrons. The van der Waals surface area contributed by atoms with Gasteiger partial charge >= 0.3 is 0 Å². The summed E-state index contributed by atoms with van der Waals surface area (Å²) >= 11 is 1.99. The number of hydrogen-bond donors (Lipinski definition) is 0. The van der Waals surface area contributed by atoms with Gasteiger partial charge < -0.3 is 4.90 Å². The zero-order valence-corrected chi connectivity index (χ0v) is 23.3. The van der Waals surface area contributed by atoms with Gasteiger partial charge in [0.05, 0.1) is 29.9 Å². The summed E-state index contributed by atoms with van der Waals surface area (Å²) < 4.78 is 0. The summed E-state index contributed by atoms with van der Waals surface area (Å²) in [6, 6.07) is 19.1. The number of aliphatic imine (C=N–C) groups is 1. The Labute approximate surface area is 220 Å². The van der Waals surface area contributed by atoms with Crippen molar-refractivity contribution in [2.24, 2.45) is 4.99 Å². The minimum absolute atomic E-state index is 0.324. The molecule has 1 unspecified atom stereocenters. The summed E-state index contributed by atoms with van der Waals surface area (Å²) in [7, 11) is 0. The molecule has 5 rings (SSSR count). The van der Waals surface area contributed by atoms with Crippen molar-refractivity contribution in [1.29, 1.82) is 5.26 Å². The molecule has 0 saturated heterocycles. The van der Waals surface area contributed by atoms with E-state index in [0.29, 0.717) is 11.6 Å². The van der Waals surface area contributed by atoms with Crippen LogP contribution in [0.5, 0.6) is 0 Å². The third kappa shape index (κ3) is 4.77. The van der Waals surface area contributed by atoms with Crippen LogP contribution in [0.2, 0.25) is 0 Å². The van der Waals surface area contributed by atoms with E-state index in [4.69, 9.17) is 4.99 Å². The first kappa shape index (κ1) is 25.9. The highest BCUT2D eigenvalue weighted by Crippen LogP contribution is 2.45. The Morgan fingerprint density at radius 1 is 1.06 bits per heavy atom. The number of nitriles is 1. The molecule has 1 aliphatic carbocycles. The van der Waals surface area contributed by atoms with E-state index >= 15 is 0 Å². The van der Waals surface area contributed by atoms with Crippen molar-refractivity contribution in [3.8, 4) is 17.2 Å². The van der Waals surface area contributed by atoms with E-state index in [9.17, 15) is 5.26 Å². The predicted octanol–water partition coefficient (Wildman–Crippen LogP) is 8.55. The number of hydrogen-bond acceptors (Lipinski definition) is 4. The normalized spacial score (nSPS) is 17.1. The van der Waals surface area contributed by atoms with E-state index in [2.05, 4.69) is 69.0 Å². The van der Waals surface area contributed by atoms with Gasteiger partial charge in [-0.3, -0.25) is 4.99 Å². The molecule has 2 aliphatic rings. The quantitative estimate of drug-likeness (QED) is 0.364. The SMILES string of the molecule is CC.CC/C(C)=C(\C)N1c2sc3c(c2C(c2ccc(-c4cccc(C#N)c4)cc2)=NCC1C)CCC3. The molecular formula is C32H37N3S. The van der Waals surface area contributed by atoms with Crippen LogP contribution in [0, 0.1) is 11.3 Å². The fourth-order valence-corrected chi connectivity index (χ4v) is 6.70. The van der Waals surface area contributed by atoms with Crippen LogP contribution in [0.25, 0.3) is 11.1 Å². The molecule has 0 saturated carbocycles. The molecule has 3 aromatic rings.